The first-order valence-electron chi connectivity index (χ1n) is 11.0. The number of aryl methyl sites for hydroxylation is 1. The molecule has 0 saturated carbocycles. The van der Waals surface area contributed by atoms with Gasteiger partial charge < -0.3 is 15.0 Å². The Bertz CT molecular complexity index is 1040. The molecule has 0 saturated heterocycles. The summed E-state index contributed by atoms with van der Waals surface area (Å²) in [6.07, 6.45) is 0.419. The van der Waals surface area contributed by atoms with Crippen molar-refractivity contribution in [2.45, 2.75) is 32.9 Å². The monoisotopic (exact) mass is 508 g/mol. The largest absolute Gasteiger partial charge is 0.484 e. The zero-order chi connectivity index (χ0) is 23.6. The van der Waals surface area contributed by atoms with Crippen molar-refractivity contribution in [2.24, 2.45) is 0 Å². The van der Waals surface area contributed by atoms with Gasteiger partial charge in [0.05, 0.1) is 0 Å². The van der Waals surface area contributed by atoms with Crippen molar-refractivity contribution in [1.29, 1.82) is 0 Å². The number of nitrogens with one attached hydrogen (secondary N) is 1. The number of rotatable bonds is 10. The minimum atomic E-state index is -0.658. The van der Waals surface area contributed by atoms with Crippen LogP contribution in [0.4, 0.5) is 0 Å². The van der Waals surface area contributed by atoms with E-state index in [1.165, 1.54) is 0 Å². The summed E-state index contributed by atoms with van der Waals surface area (Å²) < 4.78 is 6.69. The third-order valence-electron chi connectivity index (χ3n) is 5.27. The summed E-state index contributed by atoms with van der Waals surface area (Å²) in [5.74, 6) is 0.176. The number of amides is 2. The van der Waals surface area contributed by atoms with E-state index in [0.717, 1.165) is 21.2 Å². The van der Waals surface area contributed by atoms with Crippen LogP contribution in [0.25, 0.3) is 0 Å². The number of carbonyl (C=O) groups excluding carboxylic acids is 2. The lowest BCUT2D eigenvalue weighted by Crippen LogP contribution is -2.51. The topological polar surface area (TPSA) is 58.6 Å². The van der Waals surface area contributed by atoms with Gasteiger partial charge in [-0.25, -0.2) is 0 Å². The zero-order valence-corrected chi connectivity index (χ0v) is 20.5. The molecule has 3 aromatic carbocycles. The smallest absolute Gasteiger partial charge is 0.261 e. The summed E-state index contributed by atoms with van der Waals surface area (Å²) in [6, 6.07) is 24.4. The molecule has 1 atom stereocenters. The van der Waals surface area contributed by atoms with Gasteiger partial charge in [-0.2, -0.15) is 0 Å². The highest BCUT2D eigenvalue weighted by Gasteiger charge is 2.30. The fourth-order valence-corrected chi connectivity index (χ4v) is 3.76. The first-order valence-corrected chi connectivity index (χ1v) is 11.8. The minimum absolute atomic E-state index is 0.155. The van der Waals surface area contributed by atoms with Gasteiger partial charge in [-0.3, -0.25) is 9.59 Å². The van der Waals surface area contributed by atoms with E-state index in [9.17, 15) is 9.59 Å². The molecule has 0 aromatic heterocycles. The first kappa shape index (κ1) is 24.5. The Balaban J connectivity index is 1.87. The van der Waals surface area contributed by atoms with Crippen molar-refractivity contribution in [3.05, 3.63) is 100 Å². The van der Waals surface area contributed by atoms with Gasteiger partial charge in [0.15, 0.2) is 6.61 Å². The molecule has 0 radical (unpaired) electrons. The van der Waals surface area contributed by atoms with Crippen LogP contribution >= 0.6 is 15.9 Å². The number of carbonyl (C=O) groups is 2. The SMILES string of the molecule is CCNC(=O)[C@H](Cc1ccccc1)N(Cc1ccc(C)cc1)C(=O)COc1ccc(Br)cc1. The van der Waals surface area contributed by atoms with Crippen LogP contribution in [0.3, 0.4) is 0 Å². The van der Waals surface area contributed by atoms with E-state index in [4.69, 9.17) is 4.74 Å². The molecule has 0 aliphatic carbocycles. The van der Waals surface area contributed by atoms with Crippen molar-refractivity contribution in [3.63, 3.8) is 0 Å². The lowest BCUT2D eigenvalue weighted by Gasteiger charge is -2.31. The standard InChI is InChI=1S/C27H29BrN2O3/c1-3-29-27(32)25(17-21-7-5-4-6-8-21)30(18-22-11-9-20(2)10-12-22)26(31)19-33-24-15-13-23(28)14-16-24/h4-16,25H,3,17-19H2,1-2H3,(H,29,32)/t25-/m0/s1. The van der Waals surface area contributed by atoms with Crippen LogP contribution in [0.15, 0.2) is 83.3 Å². The molecule has 0 bridgehead atoms. The molecular weight excluding hydrogens is 480 g/mol. The predicted octanol–water partition coefficient (Wildman–Crippen LogP) is 4.91. The fourth-order valence-electron chi connectivity index (χ4n) is 3.49. The molecule has 5 nitrogen and oxygen atoms in total. The van der Waals surface area contributed by atoms with Gasteiger partial charge in [-0.15, -0.1) is 0 Å². The number of ether oxygens (including phenoxy) is 1. The van der Waals surface area contributed by atoms with Crippen molar-refractivity contribution < 1.29 is 14.3 Å². The van der Waals surface area contributed by atoms with E-state index < -0.39 is 6.04 Å². The second kappa shape index (κ2) is 12.2. The average molecular weight is 509 g/mol. The molecule has 6 heteroatoms. The molecule has 0 aliphatic heterocycles. The predicted molar refractivity (Wildman–Crippen MR) is 134 cm³/mol. The molecule has 0 unspecified atom stereocenters. The normalized spacial score (nSPS) is 11.5. The third-order valence-corrected chi connectivity index (χ3v) is 5.80. The Morgan fingerprint density at radius 2 is 1.61 bits per heavy atom. The van der Waals surface area contributed by atoms with Crippen LogP contribution < -0.4 is 10.1 Å². The Morgan fingerprint density at radius 3 is 2.24 bits per heavy atom. The average Bonchev–Trinajstić information content (AvgIpc) is 2.82. The molecule has 3 rings (SSSR count). The molecule has 33 heavy (non-hydrogen) atoms. The number of halogens is 1. The molecule has 0 spiro atoms. The van der Waals surface area contributed by atoms with Gasteiger partial charge >= 0.3 is 0 Å². The van der Waals surface area contributed by atoms with Gasteiger partial charge in [0, 0.05) is 24.0 Å². The van der Waals surface area contributed by atoms with E-state index >= 15 is 0 Å². The maximum atomic E-state index is 13.4. The maximum absolute atomic E-state index is 13.4. The highest BCUT2D eigenvalue weighted by Crippen LogP contribution is 2.18. The number of hydrogen-bond donors (Lipinski definition) is 1. The number of likely N-dealkylation sites (N-methyl/N-ethyl adjacent to an activating group) is 1. The van der Waals surface area contributed by atoms with Crippen LogP contribution in [0.2, 0.25) is 0 Å². The highest BCUT2D eigenvalue weighted by atomic mass is 79.9. The maximum Gasteiger partial charge on any atom is 0.261 e. The number of benzene rings is 3. The third kappa shape index (κ3) is 7.46. The summed E-state index contributed by atoms with van der Waals surface area (Å²) in [4.78, 5) is 28.1. The van der Waals surface area contributed by atoms with E-state index in [1.807, 2.05) is 80.6 Å². The quantitative estimate of drug-likeness (QED) is 0.423. The Hall–Kier alpha value is -3.12. The molecule has 1 N–H and O–H groups in total. The fraction of sp³-hybridized carbons (Fsp3) is 0.259. The molecule has 172 valence electrons. The van der Waals surface area contributed by atoms with E-state index in [1.54, 1.807) is 17.0 Å². The summed E-state index contributed by atoms with van der Waals surface area (Å²) in [7, 11) is 0. The van der Waals surface area contributed by atoms with Crippen LogP contribution in [0.1, 0.15) is 23.6 Å². The lowest BCUT2D eigenvalue weighted by molar-refractivity contribution is -0.142. The van der Waals surface area contributed by atoms with Gasteiger partial charge in [-0.1, -0.05) is 76.1 Å². The second-order valence-corrected chi connectivity index (χ2v) is 8.77. The van der Waals surface area contributed by atoms with Crippen molar-refractivity contribution in [1.82, 2.24) is 10.2 Å². The van der Waals surface area contributed by atoms with Crippen LogP contribution in [0, 0.1) is 6.92 Å². The van der Waals surface area contributed by atoms with Gasteiger partial charge in [0.1, 0.15) is 11.8 Å². The summed E-state index contributed by atoms with van der Waals surface area (Å²) in [6.45, 7) is 4.55. The molecule has 3 aromatic rings. The van der Waals surface area contributed by atoms with Gasteiger partial charge in [0.25, 0.3) is 5.91 Å². The molecule has 0 aliphatic rings. The molecular formula is C27H29BrN2O3. The lowest BCUT2D eigenvalue weighted by atomic mass is 10.0. The minimum Gasteiger partial charge on any atom is -0.484 e. The number of nitrogens with zero attached hydrogens (tertiary/aromatic N) is 1. The van der Waals surface area contributed by atoms with Crippen LogP contribution in [-0.4, -0.2) is 35.9 Å². The molecule has 0 heterocycles. The Morgan fingerprint density at radius 1 is 0.939 bits per heavy atom. The van der Waals surface area contributed by atoms with Crippen LogP contribution in [0.5, 0.6) is 5.75 Å². The van der Waals surface area contributed by atoms with E-state index in [-0.39, 0.29) is 18.4 Å². The summed E-state index contributed by atoms with van der Waals surface area (Å²) in [5, 5.41) is 2.90. The van der Waals surface area contributed by atoms with E-state index in [2.05, 4.69) is 21.2 Å². The Labute approximate surface area is 203 Å². The van der Waals surface area contributed by atoms with Crippen molar-refractivity contribution >= 4 is 27.7 Å². The molecule has 0 fully saturated rings. The van der Waals surface area contributed by atoms with Gasteiger partial charge in [-0.05, 0) is 49.2 Å². The summed E-state index contributed by atoms with van der Waals surface area (Å²) in [5.41, 5.74) is 3.09. The second-order valence-electron chi connectivity index (χ2n) is 7.85. The van der Waals surface area contributed by atoms with Gasteiger partial charge in [0.2, 0.25) is 5.91 Å². The highest BCUT2D eigenvalue weighted by molar-refractivity contribution is 9.10. The van der Waals surface area contributed by atoms with E-state index in [0.29, 0.717) is 25.3 Å². The first-order chi connectivity index (χ1) is 16.0. The zero-order valence-electron chi connectivity index (χ0n) is 19.0. The molecule has 2 amide bonds. The Kier molecular flexibility index (Phi) is 9.07. The number of hydrogen-bond acceptors (Lipinski definition) is 3. The van der Waals surface area contributed by atoms with Crippen molar-refractivity contribution in [3.8, 4) is 5.75 Å². The van der Waals surface area contributed by atoms with Crippen molar-refractivity contribution in [2.75, 3.05) is 13.2 Å². The summed E-state index contributed by atoms with van der Waals surface area (Å²) >= 11 is 3.40. The van der Waals surface area contributed by atoms with Crippen LogP contribution in [-0.2, 0) is 22.6 Å².